The van der Waals surface area contributed by atoms with E-state index in [-0.39, 0.29) is 17.9 Å². The zero-order valence-electron chi connectivity index (χ0n) is 16.1. The lowest BCUT2D eigenvalue weighted by Gasteiger charge is -2.15. The van der Waals surface area contributed by atoms with E-state index in [1.807, 2.05) is 37.3 Å². The Morgan fingerprint density at radius 1 is 0.786 bits per heavy atom. The van der Waals surface area contributed by atoms with Gasteiger partial charge in [0, 0.05) is 16.8 Å². The van der Waals surface area contributed by atoms with E-state index in [9.17, 15) is 9.59 Å². The quantitative estimate of drug-likeness (QED) is 0.640. The van der Waals surface area contributed by atoms with Gasteiger partial charge < -0.3 is 10.6 Å². The molecule has 4 heteroatoms. The first-order valence-electron chi connectivity index (χ1n) is 9.43. The molecule has 0 saturated carbocycles. The molecule has 0 aliphatic rings. The number of amides is 2. The highest BCUT2D eigenvalue weighted by molar-refractivity contribution is 6.04. The summed E-state index contributed by atoms with van der Waals surface area (Å²) >= 11 is 0. The van der Waals surface area contributed by atoms with Crippen LogP contribution in [0.3, 0.4) is 0 Å². The van der Waals surface area contributed by atoms with Gasteiger partial charge in [0.1, 0.15) is 0 Å². The fourth-order valence-corrected chi connectivity index (χ4v) is 2.90. The number of rotatable bonds is 6. The molecule has 3 aromatic rings. The molecule has 1 unspecified atom stereocenters. The van der Waals surface area contributed by atoms with Crippen molar-refractivity contribution in [2.75, 3.05) is 5.32 Å². The topological polar surface area (TPSA) is 58.2 Å². The third-order valence-corrected chi connectivity index (χ3v) is 4.68. The Labute approximate surface area is 165 Å². The van der Waals surface area contributed by atoms with E-state index in [2.05, 4.69) is 29.7 Å². The largest absolute Gasteiger partial charge is 0.346 e. The molecule has 4 nitrogen and oxygen atoms in total. The highest BCUT2D eigenvalue weighted by Crippen LogP contribution is 2.16. The molecule has 0 spiro atoms. The maximum Gasteiger partial charge on any atom is 0.255 e. The van der Waals surface area contributed by atoms with Crippen LogP contribution in [0.4, 0.5) is 5.69 Å². The second-order valence-corrected chi connectivity index (χ2v) is 6.69. The van der Waals surface area contributed by atoms with Gasteiger partial charge >= 0.3 is 0 Å². The molecule has 28 heavy (non-hydrogen) atoms. The summed E-state index contributed by atoms with van der Waals surface area (Å²) in [5.74, 6) is -0.324. The molecule has 0 saturated heterocycles. The van der Waals surface area contributed by atoms with Crippen LogP contribution < -0.4 is 10.6 Å². The summed E-state index contributed by atoms with van der Waals surface area (Å²) in [4.78, 5) is 24.7. The van der Waals surface area contributed by atoms with E-state index in [0.717, 1.165) is 12.0 Å². The van der Waals surface area contributed by atoms with Gasteiger partial charge in [0.2, 0.25) is 0 Å². The van der Waals surface area contributed by atoms with Crippen LogP contribution in [0.5, 0.6) is 0 Å². The van der Waals surface area contributed by atoms with Crippen molar-refractivity contribution in [2.24, 2.45) is 0 Å². The van der Waals surface area contributed by atoms with Crippen molar-refractivity contribution in [3.63, 3.8) is 0 Å². The van der Waals surface area contributed by atoms with E-state index < -0.39 is 0 Å². The van der Waals surface area contributed by atoms with Crippen LogP contribution in [-0.4, -0.2) is 11.8 Å². The SMILES string of the molecule is CCc1ccc(C(C)NC(=O)c2ccc(NC(=O)c3ccccc3)cc2)cc1. The number of carbonyl (C=O) groups excluding carboxylic acids is 2. The second-order valence-electron chi connectivity index (χ2n) is 6.69. The maximum atomic E-state index is 12.5. The number of nitrogens with one attached hydrogen (secondary N) is 2. The minimum absolute atomic E-state index is 0.0872. The first-order chi connectivity index (χ1) is 13.6. The molecule has 0 bridgehead atoms. The fraction of sp³-hybridized carbons (Fsp3) is 0.167. The lowest BCUT2D eigenvalue weighted by atomic mass is 10.0. The number of hydrogen-bond acceptors (Lipinski definition) is 2. The van der Waals surface area contributed by atoms with Crippen molar-refractivity contribution in [1.82, 2.24) is 5.32 Å². The molecule has 3 aromatic carbocycles. The Kier molecular flexibility index (Phi) is 6.22. The van der Waals surface area contributed by atoms with Gasteiger partial charge in [-0.1, -0.05) is 49.4 Å². The van der Waals surface area contributed by atoms with E-state index >= 15 is 0 Å². The molecule has 3 rings (SSSR count). The number of benzene rings is 3. The van der Waals surface area contributed by atoms with Crippen molar-refractivity contribution >= 4 is 17.5 Å². The summed E-state index contributed by atoms with van der Waals surface area (Å²) in [6.45, 7) is 4.08. The number of anilines is 1. The Balaban J connectivity index is 1.60. The standard InChI is InChI=1S/C24H24N2O2/c1-3-18-9-11-19(12-10-18)17(2)25-23(27)21-13-15-22(16-14-21)26-24(28)20-7-5-4-6-8-20/h4-17H,3H2,1-2H3,(H,25,27)(H,26,28). The molecule has 2 amide bonds. The summed E-state index contributed by atoms with van der Waals surface area (Å²) in [5.41, 5.74) is 4.13. The van der Waals surface area contributed by atoms with Crippen LogP contribution in [0.25, 0.3) is 0 Å². The van der Waals surface area contributed by atoms with Crippen LogP contribution in [0.15, 0.2) is 78.9 Å². The molecule has 142 valence electrons. The molecule has 0 radical (unpaired) electrons. The van der Waals surface area contributed by atoms with E-state index in [1.54, 1.807) is 36.4 Å². The third-order valence-electron chi connectivity index (χ3n) is 4.68. The van der Waals surface area contributed by atoms with Gasteiger partial charge in [0.05, 0.1) is 6.04 Å². The van der Waals surface area contributed by atoms with Crippen molar-refractivity contribution in [3.8, 4) is 0 Å². The fourth-order valence-electron chi connectivity index (χ4n) is 2.90. The lowest BCUT2D eigenvalue weighted by molar-refractivity contribution is 0.0939. The molecule has 0 aliphatic heterocycles. The van der Waals surface area contributed by atoms with Crippen molar-refractivity contribution in [2.45, 2.75) is 26.3 Å². The molecule has 2 N–H and O–H groups in total. The summed E-state index contributed by atoms with van der Waals surface area (Å²) in [7, 11) is 0. The Morgan fingerprint density at radius 2 is 1.39 bits per heavy atom. The van der Waals surface area contributed by atoms with Crippen molar-refractivity contribution < 1.29 is 9.59 Å². The minimum Gasteiger partial charge on any atom is -0.346 e. The van der Waals surface area contributed by atoms with E-state index in [4.69, 9.17) is 0 Å². The van der Waals surface area contributed by atoms with Crippen molar-refractivity contribution in [3.05, 3.63) is 101 Å². The van der Waals surface area contributed by atoms with Gasteiger partial charge in [-0.2, -0.15) is 0 Å². The molecule has 1 atom stereocenters. The molecule has 0 heterocycles. The number of carbonyl (C=O) groups is 2. The predicted molar refractivity (Wildman–Crippen MR) is 113 cm³/mol. The van der Waals surface area contributed by atoms with Gasteiger partial charge in [-0.25, -0.2) is 0 Å². The van der Waals surface area contributed by atoms with Gasteiger partial charge in [-0.05, 0) is 60.9 Å². The van der Waals surface area contributed by atoms with E-state index in [0.29, 0.717) is 16.8 Å². The van der Waals surface area contributed by atoms with Crippen molar-refractivity contribution in [1.29, 1.82) is 0 Å². The smallest absolute Gasteiger partial charge is 0.255 e. The summed E-state index contributed by atoms with van der Waals surface area (Å²) in [6.07, 6.45) is 0.994. The van der Waals surface area contributed by atoms with Gasteiger partial charge in [0.25, 0.3) is 11.8 Å². The highest BCUT2D eigenvalue weighted by atomic mass is 16.2. The van der Waals surface area contributed by atoms with Gasteiger partial charge in [-0.15, -0.1) is 0 Å². The maximum absolute atomic E-state index is 12.5. The molecular weight excluding hydrogens is 348 g/mol. The number of aryl methyl sites for hydroxylation is 1. The average Bonchev–Trinajstić information content (AvgIpc) is 2.74. The minimum atomic E-state index is -0.179. The predicted octanol–water partition coefficient (Wildman–Crippen LogP) is 4.99. The average molecular weight is 372 g/mol. The first kappa shape index (κ1) is 19.4. The highest BCUT2D eigenvalue weighted by Gasteiger charge is 2.12. The normalized spacial score (nSPS) is 11.5. The second kappa shape index (κ2) is 9.00. The van der Waals surface area contributed by atoms with E-state index in [1.165, 1.54) is 5.56 Å². The Morgan fingerprint density at radius 3 is 2.00 bits per heavy atom. The third kappa shape index (κ3) is 4.86. The summed E-state index contributed by atoms with van der Waals surface area (Å²) in [6, 6.07) is 24.1. The van der Waals surface area contributed by atoms with Crippen LogP contribution in [0.2, 0.25) is 0 Å². The molecular formula is C24H24N2O2. The van der Waals surface area contributed by atoms with Crippen LogP contribution >= 0.6 is 0 Å². The molecule has 0 aliphatic carbocycles. The monoisotopic (exact) mass is 372 g/mol. The Hall–Kier alpha value is -3.40. The molecule has 0 aromatic heterocycles. The number of hydrogen-bond donors (Lipinski definition) is 2. The Bertz CT molecular complexity index is 933. The van der Waals surface area contributed by atoms with Crippen LogP contribution in [0, 0.1) is 0 Å². The van der Waals surface area contributed by atoms with Gasteiger partial charge in [-0.3, -0.25) is 9.59 Å². The van der Waals surface area contributed by atoms with Gasteiger partial charge in [0.15, 0.2) is 0 Å². The zero-order chi connectivity index (χ0) is 19.9. The first-order valence-corrected chi connectivity index (χ1v) is 9.43. The van der Waals surface area contributed by atoms with Crippen LogP contribution in [-0.2, 0) is 6.42 Å². The van der Waals surface area contributed by atoms with Crippen LogP contribution in [0.1, 0.15) is 51.7 Å². The lowest BCUT2D eigenvalue weighted by Crippen LogP contribution is -2.26. The summed E-state index contributed by atoms with van der Waals surface area (Å²) < 4.78 is 0. The summed E-state index contributed by atoms with van der Waals surface area (Å²) in [5, 5.41) is 5.84. The zero-order valence-corrected chi connectivity index (χ0v) is 16.1. The molecule has 0 fully saturated rings.